The number of aromatic nitrogens is 3. The Morgan fingerprint density at radius 3 is 1.81 bits per heavy atom. The lowest BCUT2D eigenvalue weighted by Crippen LogP contribution is -2.01. The minimum Gasteiger partial charge on any atom is -0.478 e. The van der Waals surface area contributed by atoms with Gasteiger partial charge >= 0.3 is 5.97 Å². The van der Waals surface area contributed by atoms with Gasteiger partial charge in [0.25, 0.3) is 0 Å². The van der Waals surface area contributed by atoms with Crippen LogP contribution >= 0.6 is 82.6 Å². The molecule has 1 atom stereocenters. The van der Waals surface area contributed by atoms with Gasteiger partial charge in [-0.2, -0.15) is 5.26 Å². The van der Waals surface area contributed by atoms with E-state index in [4.69, 9.17) is 50.3 Å². The van der Waals surface area contributed by atoms with E-state index in [1.807, 2.05) is 0 Å². The second-order valence-corrected chi connectivity index (χ2v) is 12.5. The highest BCUT2D eigenvalue weighted by molar-refractivity contribution is 9.11. The molecule has 0 aliphatic rings. The van der Waals surface area contributed by atoms with Crippen LogP contribution in [-0.4, -0.2) is 50.0 Å². The van der Waals surface area contributed by atoms with Gasteiger partial charge < -0.3 is 10.2 Å². The quantitative estimate of drug-likeness (QED) is 0.176. The second kappa shape index (κ2) is 17.3. The summed E-state index contributed by atoms with van der Waals surface area (Å²) in [5.41, 5.74) is 1.58. The number of nitriles is 1. The van der Waals surface area contributed by atoms with Crippen molar-refractivity contribution in [1.29, 1.82) is 5.26 Å². The van der Waals surface area contributed by atoms with Crippen LogP contribution in [-0.2, 0) is 22.1 Å². The molecule has 0 amide bonds. The van der Waals surface area contributed by atoms with Gasteiger partial charge in [0.2, 0.25) is 6.19 Å². The molecule has 3 aromatic rings. The maximum Gasteiger partial charge on any atom is 0.337 e. The van der Waals surface area contributed by atoms with Crippen molar-refractivity contribution in [2.24, 2.45) is 4.36 Å². The fourth-order valence-electron chi connectivity index (χ4n) is 2.05. The van der Waals surface area contributed by atoms with E-state index in [2.05, 4.69) is 67.1 Å². The number of aromatic carboxylic acids is 1. The van der Waals surface area contributed by atoms with E-state index in [9.17, 15) is 9.00 Å². The molecule has 37 heavy (non-hydrogen) atoms. The van der Waals surface area contributed by atoms with Crippen LogP contribution in [0, 0.1) is 11.5 Å². The van der Waals surface area contributed by atoms with Crippen LogP contribution < -0.4 is 0 Å². The van der Waals surface area contributed by atoms with Crippen molar-refractivity contribution in [3.05, 3.63) is 82.4 Å². The molecule has 195 valence electrons. The van der Waals surface area contributed by atoms with Crippen LogP contribution in [0.3, 0.4) is 0 Å². The first kappa shape index (κ1) is 35.7. The summed E-state index contributed by atoms with van der Waals surface area (Å²) in [5.74, 6) is -0.835. The van der Waals surface area contributed by atoms with E-state index in [1.54, 1.807) is 18.3 Å². The number of rotatable bonds is 4. The zero-order valence-corrected chi connectivity index (χ0v) is 26.4. The zero-order valence-electron chi connectivity index (χ0n) is 18.6. The van der Waals surface area contributed by atoms with Gasteiger partial charge in [-0.1, -0.05) is 34.8 Å². The molecule has 0 fully saturated rings. The number of carboxylic acids is 1. The molecule has 0 aliphatic carbocycles. The summed E-state index contributed by atoms with van der Waals surface area (Å²) in [7, 11) is -2.50. The van der Waals surface area contributed by atoms with Gasteiger partial charge in [-0.3, -0.25) is 0 Å². The Kier molecular flexibility index (Phi) is 16.7. The molecule has 0 saturated heterocycles. The lowest BCUT2D eigenvalue weighted by molar-refractivity contribution is 0.0696. The lowest BCUT2D eigenvalue weighted by atomic mass is 10.3. The standard InChI is InChI=1S/C8H7BrClN3OS.C6H3BrClNO2.C6H5BrClNO.B/c1-15(14,13-5-11)4-6-2-7(9)8(10)12-3-6;7-4-1-3(6(10)11)2-9-5(4)8;7-5-1-4(3-10)2-9-6(5)8;/h2-3H,4H2,1H3;1-2H,(H,10,11);1-2,10H,3H2;. The summed E-state index contributed by atoms with van der Waals surface area (Å²) in [6.45, 7) is -0.0111. The highest BCUT2D eigenvalue weighted by atomic mass is 79.9. The van der Waals surface area contributed by atoms with Crippen molar-refractivity contribution >= 4 is 107 Å². The van der Waals surface area contributed by atoms with Gasteiger partial charge in [-0.15, -0.1) is 4.36 Å². The Balaban J connectivity index is 0.000000531. The largest absolute Gasteiger partial charge is 0.478 e. The van der Waals surface area contributed by atoms with Crippen molar-refractivity contribution in [2.45, 2.75) is 12.4 Å². The fraction of sp³-hybridized carbons (Fsp3) is 0.150. The number of halogens is 6. The molecular formula is C20H15BBr3Cl3N5O4S. The van der Waals surface area contributed by atoms with Crippen LogP contribution in [0.2, 0.25) is 15.5 Å². The van der Waals surface area contributed by atoms with Gasteiger partial charge in [0.1, 0.15) is 15.5 Å². The molecule has 17 heteroatoms. The third kappa shape index (κ3) is 13.4. The van der Waals surface area contributed by atoms with Crippen LogP contribution in [0.25, 0.3) is 0 Å². The second-order valence-electron chi connectivity index (χ2n) is 6.49. The Bertz CT molecular complexity index is 1410. The number of nitrogens with zero attached hydrogens (tertiary/aromatic N) is 5. The number of carbonyl (C=O) groups is 1. The highest BCUT2D eigenvalue weighted by Crippen LogP contribution is 2.22. The minimum absolute atomic E-state index is 0. The van der Waals surface area contributed by atoms with E-state index in [0.717, 1.165) is 11.1 Å². The monoisotopic (exact) mass is 774 g/mol. The first-order chi connectivity index (χ1) is 16.8. The first-order valence-electron chi connectivity index (χ1n) is 9.12. The summed E-state index contributed by atoms with van der Waals surface area (Å²) < 4.78 is 16.9. The van der Waals surface area contributed by atoms with Gasteiger partial charge in [-0.05, 0) is 77.1 Å². The topological polar surface area (TPSA) is 149 Å². The molecule has 0 aromatic carbocycles. The zero-order chi connectivity index (χ0) is 27.5. The third-order valence-corrected chi connectivity index (χ3v) is 8.34. The van der Waals surface area contributed by atoms with E-state index in [1.165, 1.54) is 30.9 Å². The minimum atomic E-state index is -2.50. The van der Waals surface area contributed by atoms with E-state index in [-0.39, 0.29) is 31.5 Å². The molecule has 0 aliphatic heterocycles. The van der Waals surface area contributed by atoms with Gasteiger partial charge in [0.15, 0.2) is 0 Å². The number of carboxylic acid groups (broad SMARTS) is 1. The van der Waals surface area contributed by atoms with Crippen molar-refractivity contribution in [2.75, 3.05) is 6.26 Å². The molecule has 3 radical (unpaired) electrons. The molecule has 2 N–H and O–H groups in total. The predicted octanol–water partition coefficient (Wildman–Crippen LogP) is 6.38. The Hall–Kier alpha value is -1.31. The summed E-state index contributed by atoms with van der Waals surface area (Å²) in [6, 6.07) is 4.85. The van der Waals surface area contributed by atoms with Crippen LogP contribution in [0.1, 0.15) is 21.5 Å². The van der Waals surface area contributed by atoms with Crippen LogP contribution in [0.4, 0.5) is 0 Å². The van der Waals surface area contributed by atoms with E-state index < -0.39 is 15.7 Å². The lowest BCUT2D eigenvalue weighted by Gasteiger charge is -2.03. The number of hydrogen-bond acceptors (Lipinski definition) is 8. The Morgan fingerprint density at radius 2 is 1.41 bits per heavy atom. The molecule has 9 nitrogen and oxygen atoms in total. The summed E-state index contributed by atoms with van der Waals surface area (Å²) in [6.07, 6.45) is 7.23. The van der Waals surface area contributed by atoms with Crippen LogP contribution in [0.15, 0.2) is 54.6 Å². The van der Waals surface area contributed by atoms with Gasteiger partial charge in [0.05, 0.1) is 41.1 Å². The molecular weight excluding hydrogens is 763 g/mol. The first-order valence-corrected chi connectivity index (χ1v) is 14.7. The molecule has 1 unspecified atom stereocenters. The molecule has 3 aromatic heterocycles. The van der Waals surface area contributed by atoms with E-state index >= 15 is 0 Å². The maximum absolute atomic E-state index is 11.7. The van der Waals surface area contributed by atoms with E-state index in [0.29, 0.717) is 23.7 Å². The average Bonchev–Trinajstić information content (AvgIpc) is 2.80. The third-order valence-electron chi connectivity index (χ3n) is 3.60. The molecule has 3 rings (SSSR count). The molecule has 0 saturated carbocycles. The van der Waals surface area contributed by atoms with Crippen molar-refractivity contribution in [3.8, 4) is 6.19 Å². The van der Waals surface area contributed by atoms with Crippen molar-refractivity contribution in [3.63, 3.8) is 0 Å². The van der Waals surface area contributed by atoms with Crippen molar-refractivity contribution in [1.82, 2.24) is 15.0 Å². The van der Waals surface area contributed by atoms with Crippen molar-refractivity contribution < 1.29 is 19.2 Å². The molecule has 3 heterocycles. The van der Waals surface area contributed by atoms with Gasteiger partial charge in [-0.25, -0.2) is 24.0 Å². The number of pyridine rings is 3. The Labute approximate surface area is 255 Å². The number of aliphatic hydroxyl groups is 1. The van der Waals surface area contributed by atoms with Crippen LogP contribution in [0.5, 0.6) is 0 Å². The average molecular weight is 778 g/mol. The molecule has 0 spiro atoms. The summed E-state index contributed by atoms with van der Waals surface area (Å²) >= 11 is 26.3. The highest BCUT2D eigenvalue weighted by Gasteiger charge is 2.07. The predicted molar refractivity (Wildman–Crippen MR) is 155 cm³/mol. The smallest absolute Gasteiger partial charge is 0.337 e. The normalized spacial score (nSPS) is 11.2. The number of hydrogen-bond donors (Lipinski definition) is 2. The molecule has 0 bridgehead atoms. The summed E-state index contributed by atoms with van der Waals surface area (Å²) in [5, 5.41) is 26.5. The maximum atomic E-state index is 11.7. The van der Waals surface area contributed by atoms with Gasteiger partial charge in [0, 0.05) is 33.3 Å². The Morgan fingerprint density at radius 1 is 0.973 bits per heavy atom. The number of aliphatic hydroxyl groups excluding tert-OH is 1. The summed E-state index contributed by atoms with van der Waals surface area (Å²) in [4.78, 5) is 21.7. The SMILES string of the molecule is CS(=O)(Cc1cnc(Cl)c(Br)c1)=NC#N.O=C(O)c1cnc(Cl)c(Br)c1.OCc1cnc(Cl)c(Br)c1.[B]. The fourth-order valence-corrected chi connectivity index (χ4v) is 4.52.